The first-order valence-corrected chi connectivity index (χ1v) is 12.7. The molecule has 0 unspecified atom stereocenters. The van der Waals surface area contributed by atoms with Gasteiger partial charge in [-0.3, -0.25) is 19.5 Å². The van der Waals surface area contributed by atoms with E-state index in [2.05, 4.69) is 15.5 Å². The van der Waals surface area contributed by atoms with E-state index in [4.69, 9.17) is 0 Å². The molecule has 0 atom stereocenters. The summed E-state index contributed by atoms with van der Waals surface area (Å²) in [6, 6.07) is 15.1. The smallest absolute Gasteiger partial charge is 0.257 e. The van der Waals surface area contributed by atoms with Gasteiger partial charge in [-0.1, -0.05) is 30.0 Å². The third-order valence-corrected chi connectivity index (χ3v) is 7.85. The summed E-state index contributed by atoms with van der Waals surface area (Å²) in [6.45, 7) is 0. The SMILES string of the molecule is CN(C)S(=O)(=O)c1ccc(C(=O)NC(=O)CSc2nnc(C3CC3)n2-c2ccccc2)cc1. The van der Waals surface area contributed by atoms with Crippen molar-refractivity contribution < 1.29 is 18.0 Å². The van der Waals surface area contributed by atoms with E-state index in [1.54, 1.807) is 0 Å². The third-order valence-electron chi connectivity index (χ3n) is 5.10. The van der Waals surface area contributed by atoms with Crippen LogP contribution in [0.4, 0.5) is 0 Å². The van der Waals surface area contributed by atoms with Crippen molar-refractivity contribution in [1.29, 1.82) is 0 Å². The second-order valence-corrected chi connectivity index (χ2v) is 10.9. The molecule has 0 aliphatic heterocycles. The van der Waals surface area contributed by atoms with Gasteiger partial charge in [-0.2, -0.15) is 0 Å². The molecule has 1 aliphatic carbocycles. The number of benzene rings is 2. The Morgan fingerprint density at radius 1 is 1.06 bits per heavy atom. The van der Waals surface area contributed by atoms with Crippen molar-refractivity contribution in [2.75, 3.05) is 19.8 Å². The number of aromatic nitrogens is 3. The predicted octanol–water partition coefficient (Wildman–Crippen LogP) is 2.44. The quantitative estimate of drug-likeness (QED) is 0.488. The largest absolute Gasteiger partial charge is 0.292 e. The standard InChI is InChI=1S/C22H23N5O4S2/c1-26(2)33(30,31)18-12-10-16(11-13-18)21(29)23-19(28)14-32-22-25-24-20(15-8-9-15)27(22)17-6-4-3-5-7-17/h3-7,10-13,15H,8-9,14H2,1-2H3,(H,23,28,29). The fourth-order valence-electron chi connectivity index (χ4n) is 3.15. The second kappa shape index (κ2) is 9.46. The monoisotopic (exact) mass is 485 g/mol. The number of carbonyl (C=O) groups excluding carboxylic acids is 2. The molecule has 1 aromatic heterocycles. The Balaban J connectivity index is 1.41. The number of sulfonamides is 1. The van der Waals surface area contributed by atoms with E-state index in [1.807, 2.05) is 34.9 Å². The molecule has 0 radical (unpaired) electrons. The van der Waals surface area contributed by atoms with Crippen LogP contribution in [0.5, 0.6) is 0 Å². The van der Waals surface area contributed by atoms with E-state index in [0.717, 1.165) is 28.7 Å². The molecule has 9 nitrogen and oxygen atoms in total. The van der Waals surface area contributed by atoms with E-state index in [1.165, 1.54) is 50.1 Å². The normalized spacial score (nSPS) is 13.8. The highest BCUT2D eigenvalue weighted by atomic mass is 32.2. The van der Waals surface area contributed by atoms with Gasteiger partial charge in [0.2, 0.25) is 15.9 Å². The van der Waals surface area contributed by atoms with Gasteiger partial charge in [-0.15, -0.1) is 10.2 Å². The fraction of sp³-hybridized carbons (Fsp3) is 0.273. The van der Waals surface area contributed by atoms with Gasteiger partial charge in [0.15, 0.2) is 5.16 Å². The zero-order valence-corrected chi connectivity index (χ0v) is 19.8. The van der Waals surface area contributed by atoms with Crippen LogP contribution in [0.15, 0.2) is 64.6 Å². The van der Waals surface area contributed by atoms with Crippen LogP contribution in [0.1, 0.15) is 34.9 Å². The molecule has 1 saturated carbocycles. The summed E-state index contributed by atoms with van der Waals surface area (Å²) >= 11 is 1.20. The minimum atomic E-state index is -3.59. The zero-order chi connectivity index (χ0) is 23.6. The maximum atomic E-state index is 12.4. The van der Waals surface area contributed by atoms with Crippen LogP contribution in [-0.4, -0.2) is 59.2 Å². The van der Waals surface area contributed by atoms with Gasteiger partial charge in [0.25, 0.3) is 5.91 Å². The van der Waals surface area contributed by atoms with Crippen molar-refractivity contribution in [2.24, 2.45) is 0 Å². The van der Waals surface area contributed by atoms with Crippen molar-refractivity contribution >= 4 is 33.6 Å². The van der Waals surface area contributed by atoms with Crippen LogP contribution in [-0.2, 0) is 14.8 Å². The Morgan fingerprint density at radius 3 is 2.33 bits per heavy atom. The van der Waals surface area contributed by atoms with Gasteiger partial charge in [0.05, 0.1) is 10.6 Å². The number of thioether (sulfide) groups is 1. The van der Waals surface area contributed by atoms with E-state index in [-0.39, 0.29) is 16.2 Å². The summed E-state index contributed by atoms with van der Waals surface area (Å²) in [5.74, 6) is 0.159. The highest BCUT2D eigenvalue weighted by molar-refractivity contribution is 7.99. The molecule has 11 heteroatoms. The van der Waals surface area contributed by atoms with E-state index < -0.39 is 21.8 Å². The second-order valence-electron chi connectivity index (χ2n) is 7.76. The molecule has 0 spiro atoms. The minimum absolute atomic E-state index is 0.0194. The highest BCUT2D eigenvalue weighted by Crippen LogP contribution is 2.41. The molecular formula is C22H23N5O4S2. The zero-order valence-electron chi connectivity index (χ0n) is 18.1. The lowest BCUT2D eigenvalue weighted by molar-refractivity contribution is -0.117. The molecule has 2 aromatic carbocycles. The van der Waals surface area contributed by atoms with Crippen molar-refractivity contribution in [2.45, 2.75) is 28.8 Å². The topological polar surface area (TPSA) is 114 Å². The Bertz CT molecular complexity index is 1270. The van der Waals surface area contributed by atoms with Gasteiger partial charge in [-0.25, -0.2) is 12.7 Å². The Morgan fingerprint density at radius 2 is 1.73 bits per heavy atom. The Hall–Kier alpha value is -3.02. The average Bonchev–Trinajstić information content (AvgIpc) is 3.57. The van der Waals surface area contributed by atoms with Crippen molar-refractivity contribution in [3.8, 4) is 5.69 Å². The molecule has 0 saturated heterocycles. The summed E-state index contributed by atoms with van der Waals surface area (Å²) in [4.78, 5) is 24.9. The van der Waals surface area contributed by atoms with Crippen LogP contribution >= 0.6 is 11.8 Å². The number of hydrogen-bond acceptors (Lipinski definition) is 7. The van der Waals surface area contributed by atoms with E-state index in [9.17, 15) is 18.0 Å². The molecule has 0 bridgehead atoms. The van der Waals surface area contributed by atoms with Gasteiger partial charge in [-0.05, 0) is 49.2 Å². The third kappa shape index (κ3) is 5.15. The summed E-state index contributed by atoms with van der Waals surface area (Å²) in [6.07, 6.45) is 2.14. The molecule has 1 fully saturated rings. The molecule has 1 heterocycles. The van der Waals surface area contributed by atoms with Crippen LogP contribution in [0, 0.1) is 0 Å². The van der Waals surface area contributed by atoms with Crippen molar-refractivity contribution in [3.63, 3.8) is 0 Å². The molecule has 172 valence electrons. The van der Waals surface area contributed by atoms with Gasteiger partial charge >= 0.3 is 0 Å². The van der Waals surface area contributed by atoms with Crippen LogP contribution in [0.3, 0.4) is 0 Å². The van der Waals surface area contributed by atoms with Crippen LogP contribution < -0.4 is 5.32 Å². The van der Waals surface area contributed by atoms with Crippen molar-refractivity contribution in [3.05, 3.63) is 66.0 Å². The van der Waals surface area contributed by atoms with Gasteiger partial charge in [0, 0.05) is 31.3 Å². The summed E-state index contributed by atoms with van der Waals surface area (Å²) < 4.78 is 27.3. The molecule has 3 aromatic rings. The van der Waals surface area contributed by atoms with E-state index >= 15 is 0 Å². The molecule has 4 rings (SSSR count). The lowest BCUT2D eigenvalue weighted by atomic mass is 10.2. The number of nitrogens with one attached hydrogen (secondary N) is 1. The first-order chi connectivity index (χ1) is 15.8. The number of imide groups is 1. The molecular weight excluding hydrogens is 462 g/mol. The average molecular weight is 486 g/mol. The maximum Gasteiger partial charge on any atom is 0.257 e. The lowest BCUT2D eigenvalue weighted by Gasteiger charge is -2.11. The predicted molar refractivity (Wildman–Crippen MR) is 124 cm³/mol. The lowest BCUT2D eigenvalue weighted by Crippen LogP contribution is -2.32. The number of nitrogens with zero attached hydrogens (tertiary/aromatic N) is 4. The first-order valence-electron chi connectivity index (χ1n) is 10.3. The summed E-state index contributed by atoms with van der Waals surface area (Å²) in [5, 5.41) is 11.5. The van der Waals surface area contributed by atoms with E-state index in [0.29, 0.717) is 11.1 Å². The molecule has 1 aliphatic rings. The highest BCUT2D eigenvalue weighted by Gasteiger charge is 2.31. The van der Waals surface area contributed by atoms with Crippen LogP contribution in [0.25, 0.3) is 5.69 Å². The minimum Gasteiger partial charge on any atom is -0.292 e. The number of rotatable bonds is 8. The summed E-state index contributed by atoms with van der Waals surface area (Å²) in [5.41, 5.74) is 1.12. The number of para-hydroxylation sites is 1. The first kappa shape index (κ1) is 23.1. The van der Waals surface area contributed by atoms with Gasteiger partial charge in [0.1, 0.15) is 5.82 Å². The van der Waals surface area contributed by atoms with Crippen molar-refractivity contribution in [1.82, 2.24) is 24.4 Å². The number of amides is 2. The molecule has 33 heavy (non-hydrogen) atoms. The van der Waals surface area contributed by atoms with Gasteiger partial charge < -0.3 is 0 Å². The van der Waals surface area contributed by atoms with Crippen LogP contribution in [0.2, 0.25) is 0 Å². The molecule has 2 amide bonds. The number of carbonyl (C=O) groups is 2. The fourth-order valence-corrected chi connectivity index (χ4v) is 4.82. The Labute approximate surface area is 196 Å². The number of hydrogen-bond donors (Lipinski definition) is 1. The Kier molecular flexibility index (Phi) is 6.63. The summed E-state index contributed by atoms with van der Waals surface area (Å²) in [7, 11) is -0.734. The molecule has 1 N–H and O–H groups in total. The maximum absolute atomic E-state index is 12.4.